The molecule has 0 bridgehead atoms. The molecule has 42 heavy (non-hydrogen) atoms. The van der Waals surface area contributed by atoms with Gasteiger partial charge in [0.05, 0.1) is 11.9 Å². The largest absolute Gasteiger partial charge is 0.352 e. The van der Waals surface area contributed by atoms with Crippen molar-refractivity contribution in [2.24, 2.45) is 0 Å². The molecule has 1 fully saturated rings. The molecular weight excluding hydrogens is 638 g/mol. The molecule has 1 aliphatic rings. The van der Waals surface area contributed by atoms with Crippen LogP contribution < -0.4 is 9.62 Å². The molecule has 0 aromatic heterocycles. The molecule has 10 heteroatoms. The van der Waals surface area contributed by atoms with E-state index in [1.54, 1.807) is 29.2 Å². The number of amides is 2. The fraction of sp³-hybridized carbons (Fsp3) is 0.375. The van der Waals surface area contributed by atoms with Crippen LogP contribution in [0.15, 0.2) is 83.3 Å². The smallest absolute Gasteiger partial charge is 0.243 e. The van der Waals surface area contributed by atoms with E-state index in [1.807, 2.05) is 54.6 Å². The Morgan fingerprint density at radius 3 is 2.21 bits per heavy atom. The van der Waals surface area contributed by atoms with Gasteiger partial charge in [0.1, 0.15) is 6.04 Å². The van der Waals surface area contributed by atoms with Crippen molar-refractivity contribution in [2.75, 3.05) is 17.1 Å². The van der Waals surface area contributed by atoms with E-state index < -0.39 is 16.1 Å². The van der Waals surface area contributed by atoms with Gasteiger partial charge in [-0.25, -0.2) is 8.42 Å². The summed E-state index contributed by atoms with van der Waals surface area (Å²) in [5.74, 6) is -0.361. The van der Waals surface area contributed by atoms with Gasteiger partial charge < -0.3 is 10.2 Å². The molecule has 0 spiro atoms. The number of carbonyl (C=O) groups excluding carboxylic acids is 2. The molecule has 2 amide bonds. The van der Waals surface area contributed by atoms with Gasteiger partial charge in [0.25, 0.3) is 0 Å². The second kappa shape index (κ2) is 15.0. The Labute approximate surface area is 262 Å². The van der Waals surface area contributed by atoms with E-state index >= 15 is 0 Å². The van der Waals surface area contributed by atoms with Crippen molar-refractivity contribution in [3.05, 3.63) is 99.5 Å². The van der Waals surface area contributed by atoms with Crippen LogP contribution in [0.2, 0.25) is 5.02 Å². The normalized spacial score (nSPS) is 14.4. The third-order valence-electron chi connectivity index (χ3n) is 7.51. The highest BCUT2D eigenvalue weighted by Gasteiger charge is 2.32. The fourth-order valence-electron chi connectivity index (χ4n) is 5.32. The first kappa shape index (κ1) is 32.0. The van der Waals surface area contributed by atoms with E-state index in [0.29, 0.717) is 17.1 Å². The Balaban J connectivity index is 1.57. The zero-order valence-electron chi connectivity index (χ0n) is 23.7. The number of rotatable bonds is 13. The molecule has 1 aliphatic carbocycles. The van der Waals surface area contributed by atoms with Crippen molar-refractivity contribution in [3.63, 3.8) is 0 Å². The lowest BCUT2D eigenvalue weighted by molar-refractivity contribution is -0.141. The zero-order valence-corrected chi connectivity index (χ0v) is 26.9. The maximum atomic E-state index is 14.0. The van der Waals surface area contributed by atoms with Crippen LogP contribution in [0.4, 0.5) is 5.69 Å². The summed E-state index contributed by atoms with van der Waals surface area (Å²) in [7, 11) is -3.59. The third-order valence-corrected chi connectivity index (χ3v) is 9.48. The SMILES string of the molecule is CS(=O)(=O)N(CCCC(=O)N(Cc1ccc(Br)cc1)[C@@H](Cc1ccccc1)C(=O)NC1CCCC1)c1ccc(Cl)cc1. The van der Waals surface area contributed by atoms with E-state index in [1.165, 1.54) is 4.31 Å². The average Bonchev–Trinajstić information content (AvgIpc) is 3.47. The van der Waals surface area contributed by atoms with Gasteiger partial charge in [-0.15, -0.1) is 0 Å². The summed E-state index contributed by atoms with van der Waals surface area (Å²) in [5, 5.41) is 3.72. The Bertz CT molecular complexity index is 1430. The topological polar surface area (TPSA) is 86.8 Å². The first-order valence-electron chi connectivity index (χ1n) is 14.2. The van der Waals surface area contributed by atoms with Crippen molar-refractivity contribution in [3.8, 4) is 0 Å². The molecular formula is C32H37BrClN3O4S. The van der Waals surface area contributed by atoms with Crippen molar-refractivity contribution < 1.29 is 18.0 Å². The molecule has 0 heterocycles. The van der Waals surface area contributed by atoms with Crippen LogP contribution in [-0.2, 0) is 32.6 Å². The van der Waals surface area contributed by atoms with Crippen LogP contribution in [0.25, 0.3) is 0 Å². The van der Waals surface area contributed by atoms with Gasteiger partial charge in [0.15, 0.2) is 0 Å². The lowest BCUT2D eigenvalue weighted by Crippen LogP contribution is -2.52. The maximum absolute atomic E-state index is 14.0. The molecule has 7 nitrogen and oxygen atoms in total. The molecule has 0 aliphatic heterocycles. The second-order valence-electron chi connectivity index (χ2n) is 10.8. The van der Waals surface area contributed by atoms with Gasteiger partial charge in [-0.1, -0.05) is 82.8 Å². The van der Waals surface area contributed by atoms with Crippen LogP contribution in [0, 0.1) is 0 Å². The number of benzene rings is 3. The predicted octanol–water partition coefficient (Wildman–Crippen LogP) is 6.35. The van der Waals surface area contributed by atoms with E-state index in [9.17, 15) is 18.0 Å². The first-order chi connectivity index (χ1) is 20.1. The summed E-state index contributed by atoms with van der Waals surface area (Å²) < 4.78 is 27.4. The summed E-state index contributed by atoms with van der Waals surface area (Å²) in [4.78, 5) is 29.4. The van der Waals surface area contributed by atoms with E-state index in [4.69, 9.17) is 11.6 Å². The molecule has 0 radical (unpaired) electrons. The average molecular weight is 675 g/mol. The maximum Gasteiger partial charge on any atom is 0.243 e. The van der Waals surface area contributed by atoms with Crippen molar-refractivity contribution in [1.82, 2.24) is 10.2 Å². The van der Waals surface area contributed by atoms with Gasteiger partial charge >= 0.3 is 0 Å². The monoisotopic (exact) mass is 673 g/mol. The molecule has 3 aromatic rings. The molecule has 224 valence electrons. The molecule has 4 rings (SSSR count). The summed E-state index contributed by atoms with van der Waals surface area (Å²) in [6.07, 6.45) is 5.94. The van der Waals surface area contributed by atoms with Crippen molar-refractivity contribution >= 4 is 55.1 Å². The van der Waals surface area contributed by atoms with Gasteiger partial charge in [-0.3, -0.25) is 13.9 Å². The number of sulfonamides is 1. The highest BCUT2D eigenvalue weighted by Crippen LogP contribution is 2.23. The predicted molar refractivity (Wildman–Crippen MR) is 172 cm³/mol. The number of anilines is 1. The van der Waals surface area contributed by atoms with E-state index in [2.05, 4.69) is 21.2 Å². The van der Waals surface area contributed by atoms with E-state index in [0.717, 1.165) is 47.5 Å². The summed E-state index contributed by atoms with van der Waals surface area (Å²) in [5.41, 5.74) is 2.35. The van der Waals surface area contributed by atoms with Crippen LogP contribution >= 0.6 is 27.5 Å². The van der Waals surface area contributed by atoms with Crippen molar-refractivity contribution in [2.45, 2.75) is 63.6 Å². The number of nitrogens with zero attached hydrogens (tertiary/aromatic N) is 2. The van der Waals surface area contributed by atoms with E-state index in [-0.39, 0.29) is 43.8 Å². The number of hydrogen-bond acceptors (Lipinski definition) is 4. The minimum atomic E-state index is -3.59. The van der Waals surface area contributed by atoms with Gasteiger partial charge in [0, 0.05) is 41.5 Å². The lowest BCUT2D eigenvalue weighted by atomic mass is 10.0. The number of halogens is 2. The summed E-state index contributed by atoms with van der Waals surface area (Å²) in [6.45, 7) is 0.380. The van der Waals surface area contributed by atoms with Gasteiger partial charge in [-0.05, 0) is 66.8 Å². The van der Waals surface area contributed by atoms with Gasteiger partial charge in [-0.2, -0.15) is 0 Å². The first-order valence-corrected chi connectivity index (χ1v) is 17.2. The molecule has 0 unspecified atom stereocenters. The molecule has 0 saturated heterocycles. The van der Waals surface area contributed by atoms with Gasteiger partial charge in [0.2, 0.25) is 21.8 Å². The Morgan fingerprint density at radius 2 is 1.60 bits per heavy atom. The Hall–Kier alpha value is -2.88. The Kier molecular flexibility index (Phi) is 11.5. The minimum Gasteiger partial charge on any atom is -0.352 e. The summed E-state index contributed by atoms with van der Waals surface area (Å²) >= 11 is 9.47. The number of carbonyl (C=O) groups is 2. The lowest BCUT2D eigenvalue weighted by Gasteiger charge is -2.33. The summed E-state index contributed by atoms with van der Waals surface area (Å²) in [6, 6.07) is 23.4. The quantitative estimate of drug-likeness (QED) is 0.229. The standard InChI is InChI=1S/C32H37BrClN3O4S/c1-42(40,41)37(29-19-17-27(34)18-20-29)21-7-12-31(38)36(23-25-13-15-26(33)16-14-25)30(22-24-8-3-2-4-9-24)32(39)35-28-10-5-6-11-28/h2-4,8-9,13-20,28,30H,5-7,10-12,21-23H2,1H3,(H,35,39)/t30-/m0/s1. The Morgan fingerprint density at radius 1 is 0.952 bits per heavy atom. The highest BCUT2D eigenvalue weighted by molar-refractivity contribution is 9.10. The van der Waals surface area contributed by atoms with Crippen LogP contribution in [-0.4, -0.2) is 50.0 Å². The van der Waals surface area contributed by atoms with Crippen molar-refractivity contribution in [1.29, 1.82) is 0 Å². The number of hydrogen-bond donors (Lipinski definition) is 1. The molecule has 3 aromatic carbocycles. The van der Waals surface area contributed by atoms with Crippen LogP contribution in [0.5, 0.6) is 0 Å². The molecule has 1 saturated carbocycles. The second-order valence-corrected chi connectivity index (χ2v) is 14.0. The number of nitrogens with one attached hydrogen (secondary N) is 1. The molecule has 1 N–H and O–H groups in total. The molecule has 1 atom stereocenters. The highest BCUT2D eigenvalue weighted by atomic mass is 79.9. The minimum absolute atomic E-state index is 0.0815. The van der Waals surface area contributed by atoms with Crippen LogP contribution in [0.1, 0.15) is 49.7 Å². The fourth-order valence-corrected chi connectivity index (χ4v) is 6.67. The zero-order chi connectivity index (χ0) is 30.1. The van der Waals surface area contributed by atoms with Crippen LogP contribution in [0.3, 0.4) is 0 Å². The third kappa shape index (κ3) is 9.31.